The molecule has 0 atom stereocenters. The summed E-state index contributed by atoms with van der Waals surface area (Å²) in [4.78, 5) is 4.63. The maximum atomic E-state index is 6.08. The molecule has 0 unspecified atom stereocenters. The summed E-state index contributed by atoms with van der Waals surface area (Å²) in [6.07, 6.45) is 0. The van der Waals surface area contributed by atoms with Gasteiger partial charge in [0.1, 0.15) is 5.52 Å². The first-order valence-corrected chi connectivity index (χ1v) is 6.73. The van der Waals surface area contributed by atoms with Gasteiger partial charge in [-0.05, 0) is 35.7 Å². The maximum absolute atomic E-state index is 6.08. The molecule has 0 saturated carbocycles. The quantitative estimate of drug-likeness (QED) is 0.472. The van der Waals surface area contributed by atoms with E-state index in [0.29, 0.717) is 10.9 Å². The Hall–Kier alpha value is -2.32. The number of fused-ring (bicyclic) bond motifs is 3. The van der Waals surface area contributed by atoms with Gasteiger partial charge in [-0.25, -0.2) is 4.98 Å². The Bertz CT molecular complexity index is 912. The summed E-state index contributed by atoms with van der Waals surface area (Å²) in [6, 6.07) is 19.7. The lowest BCUT2D eigenvalue weighted by Crippen LogP contribution is -1.77. The van der Waals surface area contributed by atoms with E-state index in [0.717, 1.165) is 27.4 Å². The van der Waals surface area contributed by atoms with Crippen molar-refractivity contribution in [2.75, 3.05) is 0 Å². The van der Waals surface area contributed by atoms with E-state index in [9.17, 15) is 0 Å². The molecule has 3 heteroatoms. The van der Waals surface area contributed by atoms with Crippen molar-refractivity contribution in [1.29, 1.82) is 0 Å². The lowest BCUT2D eigenvalue weighted by atomic mass is 10.1. The molecule has 1 heterocycles. The van der Waals surface area contributed by atoms with Crippen LogP contribution in [-0.4, -0.2) is 4.98 Å². The van der Waals surface area contributed by atoms with Crippen LogP contribution in [0.1, 0.15) is 0 Å². The van der Waals surface area contributed by atoms with Gasteiger partial charge in [0.25, 0.3) is 0 Å². The molecule has 0 bridgehead atoms. The highest BCUT2D eigenvalue weighted by Crippen LogP contribution is 2.30. The van der Waals surface area contributed by atoms with Crippen LogP contribution in [0.3, 0.4) is 0 Å². The summed E-state index contributed by atoms with van der Waals surface area (Å²) >= 11 is 6.08. The SMILES string of the molecule is Clc1ccc2ccc3oc(-c4ccccc4)nc3c2c1. The minimum atomic E-state index is 0.632. The summed E-state index contributed by atoms with van der Waals surface area (Å²) in [5.74, 6) is 0.632. The summed E-state index contributed by atoms with van der Waals surface area (Å²) in [5.41, 5.74) is 2.60. The van der Waals surface area contributed by atoms with Crippen LogP contribution < -0.4 is 0 Å². The summed E-state index contributed by atoms with van der Waals surface area (Å²) < 4.78 is 5.85. The van der Waals surface area contributed by atoms with Crippen LogP contribution in [-0.2, 0) is 0 Å². The highest BCUT2D eigenvalue weighted by Gasteiger charge is 2.10. The first kappa shape index (κ1) is 11.5. The van der Waals surface area contributed by atoms with Crippen LogP contribution in [0.4, 0.5) is 0 Å². The third-order valence-electron chi connectivity index (χ3n) is 3.36. The fourth-order valence-electron chi connectivity index (χ4n) is 2.39. The Morgan fingerprint density at radius 1 is 0.900 bits per heavy atom. The van der Waals surface area contributed by atoms with E-state index in [2.05, 4.69) is 4.98 Å². The first-order valence-electron chi connectivity index (χ1n) is 6.35. The fourth-order valence-corrected chi connectivity index (χ4v) is 2.56. The molecule has 0 aliphatic rings. The molecular weight excluding hydrogens is 270 g/mol. The molecule has 0 N–H and O–H groups in total. The predicted octanol–water partition coefficient (Wildman–Crippen LogP) is 5.30. The van der Waals surface area contributed by atoms with E-state index in [4.69, 9.17) is 16.0 Å². The second-order valence-electron chi connectivity index (χ2n) is 4.66. The Morgan fingerprint density at radius 2 is 1.70 bits per heavy atom. The van der Waals surface area contributed by atoms with Crippen molar-refractivity contribution in [1.82, 2.24) is 4.98 Å². The van der Waals surface area contributed by atoms with Gasteiger partial charge in [-0.2, -0.15) is 0 Å². The molecule has 4 rings (SSSR count). The standard InChI is InChI=1S/C17H10ClNO/c18-13-8-6-11-7-9-15-16(14(11)10-13)19-17(20-15)12-4-2-1-3-5-12/h1-10H. The van der Waals surface area contributed by atoms with Crippen molar-refractivity contribution in [3.63, 3.8) is 0 Å². The minimum Gasteiger partial charge on any atom is -0.436 e. The van der Waals surface area contributed by atoms with E-state index >= 15 is 0 Å². The summed E-state index contributed by atoms with van der Waals surface area (Å²) in [6.45, 7) is 0. The number of aromatic nitrogens is 1. The van der Waals surface area contributed by atoms with Crippen LogP contribution in [0.15, 0.2) is 65.1 Å². The van der Waals surface area contributed by atoms with Crippen molar-refractivity contribution < 1.29 is 4.42 Å². The van der Waals surface area contributed by atoms with Crippen molar-refractivity contribution in [3.8, 4) is 11.5 Å². The topological polar surface area (TPSA) is 26.0 Å². The number of benzene rings is 3. The molecule has 20 heavy (non-hydrogen) atoms. The largest absolute Gasteiger partial charge is 0.436 e. The molecule has 0 spiro atoms. The molecule has 0 aliphatic heterocycles. The van der Waals surface area contributed by atoms with Gasteiger partial charge in [0.2, 0.25) is 5.89 Å². The zero-order chi connectivity index (χ0) is 13.5. The van der Waals surface area contributed by atoms with Crippen molar-refractivity contribution >= 4 is 33.5 Å². The molecule has 4 aromatic rings. The highest BCUT2D eigenvalue weighted by molar-refractivity contribution is 6.31. The normalized spacial score (nSPS) is 11.2. The van der Waals surface area contributed by atoms with Gasteiger partial charge in [0.15, 0.2) is 5.58 Å². The second-order valence-corrected chi connectivity index (χ2v) is 5.10. The van der Waals surface area contributed by atoms with Crippen molar-refractivity contribution in [3.05, 3.63) is 65.7 Å². The molecule has 0 radical (unpaired) electrons. The van der Waals surface area contributed by atoms with Crippen molar-refractivity contribution in [2.45, 2.75) is 0 Å². The molecule has 0 aliphatic carbocycles. The van der Waals surface area contributed by atoms with Gasteiger partial charge in [-0.15, -0.1) is 0 Å². The van der Waals surface area contributed by atoms with Crippen LogP contribution >= 0.6 is 11.6 Å². The number of rotatable bonds is 1. The Balaban J connectivity index is 2.04. The minimum absolute atomic E-state index is 0.632. The van der Waals surface area contributed by atoms with Crippen LogP contribution in [0.2, 0.25) is 5.02 Å². The summed E-state index contributed by atoms with van der Waals surface area (Å²) in [7, 11) is 0. The lowest BCUT2D eigenvalue weighted by molar-refractivity contribution is 0.620. The number of hydrogen-bond acceptors (Lipinski definition) is 2. The van der Waals surface area contributed by atoms with Crippen LogP contribution in [0.25, 0.3) is 33.3 Å². The monoisotopic (exact) mass is 279 g/mol. The number of nitrogens with zero attached hydrogens (tertiary/aromatic N) is 1. The third-order valence-corrected chi connectivity index (χ3v) is 3.59. The second kappa shape index (κ2) is 4.36. The zero-order valence-electron chi connectivity index (χ0n) is 10.5. The van der Waals surface area contributed by atoms with E-state index in [1.54, 1.807) is 0 Å². The van der Waals surface area contributed by atoms with Gasteiger partial charge in [0, 0.05) is 16.0 Å². The van der Waals surface area contributed by atoms with Gasteiger partial charge < -0.3 is 4.42 Å². The number of halogens is 1. The number of oxazole rings is 1. The van der Waals surface area contributed by atoms with E-state index in [-0.39, 0.29) is 0 Å². The number of hydrogen-bond donors (Lipinski definition) is 0. The third kappa shape index (κ3) is 1.77. The van der Waals surface area contributed by atoms with Crippen LogP contribution in [0, 0.1) is 0 Å². The Labute approximate surface area is 120 Å². The molecule has 0 amide bonds. The molecule has 2 nitrogen and oxygen atoms in total. The molecule has 0 fully saturated rings. The Kier molecular flexibility index (Phi) is 2.51. The average molecular weight is 280 g/mol. The lowest BCUT2D eigenvalue weighted by Gasteiger charge is -1.97. The fraction of sp³-hybridized carbons (Fsp3) is 0. The maximum Gasteiger partial charge on any atom is 0.227 e. The Morgan fingerprint density at radius 3 is 2.55 bits per heavy atom. The predicted molar refractivity (Wildman–Crippen MR) is 82.0 cm³/mol. The highest BCUT2D eigenvalue weighted by atomic mass is 35.5. The van der Waals surface area contributed by atoms with E-state index < -0.39 is 0 Å². The van der Waals surface area contributed by atoms with Gasteiger partial charge in [-0.3, -0.25) is 0 Å². The van der Waals surface area contributed by atoms with Crippen molar-refractivity contribution in [2.24, 2.45) is 0 Å². The first-order chi connectivity index (χ1) is 9.81. The summed E-state index contributed by atoms with van der Waals surface area (Å²) in [5, 5.41) is 2.82. The zero-order valence-corrected chi connectivity index (χ0v) is 11.3. The molecule has 0 saturated heterocycles. The molecule has 1 aromatic heterocycles. The molecule has 96 valence electrons. The van der Waals surface area contributed by atoms with Gasteiger partial charge >= 0.3 is 0 Å². The van der Waals surface area contributed by atoms with Gasteiger partial charge in [0.05, 0.1) is 0 Å². The van der Waals surface area contributed by atoms with Gasteiger partial charge in [-0.1, -0.05) is 41.9 Å². The van der Waals surface area contributed by atoms with Crippen LogP contribution in [0.5, 0.6) is 0 Å². The molecule has 3 aromatic carbocycles. The average Bonchev–Trinajstić information content (AvgIpc) is 2.93. The van der Waals surface area contributed by atoms with E-state index in [1.165, 1.54) is 0 Å². The smallest absolute Gasteiger partial charge is 0.227 e. The molecular formula is C17H10ClNO. The van der Waals surface area contributed by atoms with E-state index in [1.807, 2.05) is 60.7 Å².